The van der Waals surface area contributed by atoms with Gasteiger partial charge in [0, 0.05) is 6.42 Å². The fraction of sp³-hybridized carbons (Fsp3) is 0.654. The zero-order valence-corrected chi connectivity index (χ0v) is 18.5. The maximum absolute atomic E-state index is 2.50. The molecule has 1 aromatic carbocycles. The highest BCUT2D eigenvalue weighted by Gasteiger charge is 2.15. The number of rotatable bonds is 16. The van der Waals surface area contributed by atoms with Crippen LogP contribution in [0.25, 0.3) is 0 Å². The molecule has 0 saturated carbocycles. The second-order valence-corrected chi connectivity index (χ2v) is 8.21. The molecule has 0 aliphatic carbocycles. The van der Waals surface area contributed by atoms with E-state index in [1.54, 1.807) is 0 Å². The van der Waals surface area contributed by atoms with Crippen molar-refractivity contribution in [1.29, 1.82) is 0 Å². The van der Waals surface area contributed by atoms with Gasteiger partial charge in [-0.2, -0.15) is 0 Å². The lowest BCUT2D eigenvalue weighted by molar-refractivity contribution is -0.704. The first-order valence-electron chi connectivity index (χ1n) is 12.0. The molecule has 1 heterocycles. The molecule has 0 unspecified atom stereocenters. The van der Waals surface area contributed by atoms with Crippen LogP contribution in [0.1, 0.15) is 95.9 Å². The lowest BCUT2D eigenvalue weighted by Gasteiger charge is -2.06. The SMILES string of the molecule is CCCCCCCCCCCCc1n(CC)cc[n+]1CCCc1ccccc1. The monoisotopic (exact) mass is 383 g/mol. The average Bonchev–Trinajstić information content (AvgIpc) is 3.12. The van der Waals surface area contributed by atoms with Crippen molar-refractivity contribution in [3.8, 4) is 0 Å². The second kappa shape index (κ2) is 14.4. The molecular formula is C26H43N2+. The van der Waals surface area contributed by atoms with Crippen molar-refractivity contribution in [3.63, 3.8) is 0 Å². The summed E-state index contributed by atoms with van der Waals surface area (Å²) >= 11 is 0. The Bertz CT molecular complexity index is 615. The summed E-state index contributed by atoms with van der Waals surface area (Å²) in [7, 11) is 0. The quantitative estimate of drug-likeness (QED) is 0.220. The van der Waals surface area contributed by atoms with E-state index < -0.39 is 0 Å². The smallest absolute Gasteiger partial charge is 0.235 e. The van der Waals surface area contributed by atoms with Crippen LogP contribution in [-0.2, 0) is 25.9 Å². The van der Waals surface area contributed by atoms with Crippen molar-refractivity contribution >= 4 is 0 Å². The fourth-order valence-corrected chi connectivity index (χ4v) is 4.15. The number of unbranched alkanes of at least 4 members (excludes halogenated alkanes) is 9. The molecule has 0 bridgehead atoms. The summed E-state index contributed by atoms with van der Waals surface area (Å²) in [5.74, 6) is 1.52. The van der Waals surface area contributed by atoms with E-state index >= 15 is 0 Å². The zero-order chi connectivity index (χ0) is 19.9. The van der Waals surface area contributed by atoms with Crippen LogP contribution in [0.3, 0.4) is 0 Å². The molecule has 0 fully saturated rings. The second-order valence-electron chi connectivity index (χ2n) is 8.21. The minimum Gasteiger partial charge on any atom is -0.235 e. The molecular weight excluding hydrogens is 340 g/mol. The molecule has 0 N–H and O–H groups in total. The third-order valence-corrected chi connectivity index (χ3v) is 5.89. The summed E-state index contributed by atoms with van der Waals surface area (Å²) in [5, 5.41) is 0. The van der Waals surface area contributed by atoms with Gasteiger partial charge in [0.05, 0.1) is 13.1 Å². The standard InChI is InChI=1S/C26H43N2/c1-3-5-6-7-8-9-10-11-12-16-21-26-27(4-2)23-24-28(26)22-17-20-25-18-14-13-15-19-25/h13-15,18-19,23-24H,3-12,16-17,20-22H2,1-2H3/q+1. The van der Waals surface area contributed by atoms with E-state index in [9.17, 15) is 0 Å². The highest BCUT2D eigenvalue weighted by molar-refractivity contribution is 5.14. The third-order valence-electron chi connectivity index (χ3n) is 5.89. The van der Waals surface area contributed by atoms with Crippen LogP contribution in [0.2, 0.25) is 0 Å². The van der Waals surface area contributed by atoms with E-state index in [-0.39, 0.29) is 0 Å². The Hall–Kier alpha value is -1.57. The minimum atomic E-state index is 1.08. The molecule has 0 radical (unpaired) electrons. The Morgan fingerprint density at radius 3 is 2.00 bits per heavy atom. The molecule has 0 aliphatic heterocycles. The Kier molecular flexibility index (Phi) is 11.7. The minimum absolute atomic E-state index is 1.08. The van der Waals surface area contributed by atoms with Gasteiger partial charge in [0.15, 0.2) is 0 Å². The van der Waals surface area contributed by atoms with Gasteiger partial charge in [0.1, 0.15) is 12.4 Å². The maximum Gasteiger partial charge on any atom is 0.256 e. The van der Waals surface area contributed by atoms with Gasteiger partial charge in [0.2, 0.25) is 0 Å². The van der Waals surface area contributed by atoms with Gasteiger partial charge in [-0.1, -0.05) is 95.0 Å². The van der Waals surface area contributed by atoms with Crippen LogP contribution < -0.4 is 4.57 Å². The molecule has 1 aromatic heterocycles. The number of hydrogen-bond acceptors (Lipinski definition) is 0. The molecule has 156 valence electrons. The fourth-order valence-electron chi connectivity index (χ4n) is 4.15. The van der Waals surface area contributed by atoms with Gasteiger partial charge < -0.3 is 0 Å². The number of aromatic nitrogens is 2. The van der Waals surface area contributed by atoms with Crippen molar-refractivity contribution in [2.24, 2.45) is 0 Å². The van der Waals surface area contributed by atoms with Gasteiger partial charge in [-0.3, -0.25) is 0 Å². The van der Waals surface area contributed by atoms with E-state index in [4.69, 9.17) is 0 Å². The molecule has 28 heavy (non-hydrogen) atoms. The van der Waals surface area contributed by atoms with Gasteiger partial charge in [0.25, 0.3) is 5.82 Å². The molecule has 2 rings (SSSR count). The Morgan fingerprint density at radius 2 is 1.36 bits per heavy atom. The van der Waals surface area contributed by atoms with Crippen molar-refractivity contribution in [2.75, 3.05) is 0 Å². The first-order chi connectivity index (χ1) is 13.8. The topological polar surface area (TPSA) is 8.81 Å². The maximum atomic E-state index is 2.50. The van der Waals surface area contributed by atoms with Crippen LogP contribution in [0, 0.1) is 0 Å². The summed E-state index contributed by atoms with van der Waals surface area (Å²) in [6.45, 7) is 6.77. The lowest BCUT2D eigenvalue weighted by atomic mass is 10.1. The van der Waals surface area contributed by atoms with Gasteiger partial charge in [-0.25, -0.2) is 9.13 Å². The molecule has 2 heteroatoms. The Balaban J connectivity index is 1.64. The Labute approximate surface area is 174 Å². The summed E-state index contributed by atoms with van der Waals surface area (Å²) in [5.41, 5.74) is 1.45. The number of aryl methyl sites for hydroxylation is 3. The van der Waals surface area contributed by atoms with Crippen LogP contribution in [0.5, 0.6) is 0 Å². The zero-order valence-electron chi connectivity index (χ0n) is 18.5. The van der Waals surface area contributed by atoms with Crippen LogP contribution in [0.4, 0.5) is 0 Å². The first-order valence-corrected chi connectivity index (χ1v) is 12.0. The largest absolute Gasteiger partial charge is 0.256 e. The molecule has 2 aromatic rings. The molecule has 2 nitrogen and oxygen atoms in total. The number of imidazole rings is 1. The highest BCUT2D eigenvalue weighted by atomic mass is 15.1. The van der Waals surface area contributed by atoms with E-state index in [1.165, 1.54) is 94.9 Å². The normalized spacial score (nSPS) is 11.2. The van der Waals surface area contributed by atoms with Crippen molar-refractivity contribution < 1.29 is 4.57 Å². The molecule has 0 spiro atoms. The summed E-state index contributed by atoms with van der Waals surface area (Å²) < 4.78 is 4.94. The first kappa shape index (κ1) is 22.7. The van der Waals surface area contributed by atoms with Crippen LogP contribution in [0.15, 0.2) is 42.7 Å². The van der Waals surface area contributed by atoms with Crippen molar-refractivity contribution in [1.82, 2.24) is 4.57 Å². The number of hydrogen-bond donors (Lipinski definition) is 0. The van der Waals surface area contributed by atoms with Crippen LogP contribution in [-0.4, -0.2) is 4.57 Å². The lowest BCUT2D eigenvalue weighted by Crippen LogP contribution is -2.37. The van der Waals surface area contributed by atoms with Crippen LogP contribution >= 0.6 is 0 Å². The summed E-state index contributed by atoms with van der Waals surface area (Å²) in [4.78, 5) is 0. The predicted octanol–water partition coefficient (Wildman–Crippen LogP) is 6.89. The van der Waals surface area contributed by atoms with Gasteiger partial charge in [-0.15, -0.1) is 0 Å². The third kappa shape index (κ3) is 8.63. The average molecular weight is 384 g/mol. The molecule has 0 atom stereocenters. The van der Waals surface area contributed by atoms with E-state index in [0.29, 0.717) is 0 Å². The summed E-state index contributed by atoms with van der Waals surface area (Å²) in [6, 6.07) is 10.9. The molecule has 0 aliphatic rings. The predicted molar refractivity (Wildman–Crippen MR) is 121 cm³/mol. The van der Waals surface area contributed by atoms with E-state index in [2.05, 4.69) is 65.7 Å². The van der Waals surface area contributed by atoms with Crippen molar-refractivity contribution in [3.05, 3.63) is 54.1 Å². The molecule has 0 amide bonds. The highest BCUT2D eigenvalue weighted by Crippen LogP contribution is 2.12. The number of nitrogens with zero attached hydrogens (tertiary/aromatic N) is 2. The van der Waals surface area contributed by atoms with Gasteiger partial charge in [-0.05, 0) is 31.7 Å². The van der Waals surface area contributed by atoms with E-state index in [0.717, 1.165) is 13.1 Å². The van der Waals surface area contributed by atoms with Gasteiger partial charge >= 0.3 is 0 Å². The Morgan fingerprint density at radius 1 is 0.714 bits per heavy atom. The van der Waals surface area contributed by atoms with E-state index in [1.807, 2.05) is 0 Å². The van der Waals surface area contributed by atoms with Crippen molar-refractivity contribution in [2.45, 2.75) is 110 Å². The summed E-state index contributed by atoms with van der Waals surface area (Å²) in [6.07, 6.45) is 22.3. The number of benzene rings is 1. The molecule has 0 saturated heterocycles.